The average molecular weight is 352 g/mol. The minimum atomic E-state index is -0.520. The summed E-state index contributed by atoms with van der Waals surface area (Å²) in [6.07, 6.45) is 0.107. The van der Waals surface area contributed by atoms with Crippen molar-refractivity contribution in [2.24, 2.45) is 5.11 Å². The molecule has 1 rings (SSSR count). The molecule has 25 heavy (non-hydrogen) atoms. The Balaban J connectivity index is 2.84. The van der Waals surface area contributed by atoms with Gasteiger partial charge >= 0.3 is 5.97 Å². The van der Waals surface area contributed by atoms with E-state index in [2.05, 4.69) is 20.1 Å². The Morgan fingerprint density at radius 2 is 2.16 bits per heavy atom. The lowest BCUT2D eigenvalue weighted by Crippen LogP contribution is -2.17. The highest BCUT2D eigenvalue weighted by atomic mass is 16.5. The van der Waals surface area contributed by atoms with Crippen LogP contribution in [0.5, 0.6) is 5.75 Å². The van der Waals surface area contributed by atoms with Crippen LogP contribution in [0.3, 0.4) is 0 Å². The molecule has 1 aromatic rings. The zero-order valence-electron chi connectivity index (χ0n) is 13.8. The molecular weight excluding hydrogens is 332 g/mol. The summed E-state index contributed by atoms with van der Waals surface area (Å²) in [4.78, 5) is 25.4. The molecule has 0 radical (unpaired) electrons. The predicted octanol–water partition coefficient (Wildman–Crippen LogP) is 1.39. The molecule has 0 aliphatic rings. The van der Waals surface area contributed by atoms with Gasteiger partial charge in [-0.25, -0.2) is 0 Å². The molecule has 0 fully saturated rings. The van der Waals surface area contributed by atoms with Gasteiger partial charge in [-0.3, -0.25) is 9.59 Å². The van der Waals surface area contributed by atoms with Crippen LogP contribution >= 0.6 is 0 Å². The molecule has 10 heteroatoms. The number of nitrogens with one attached hydrogen (secondary N) is 1. The quantitative estimate of drug-likeness (QED) is 0.202. The highest BCUT2D eigenvalue weighted by Crippen LogP contribution is 2.29. The molecule has 0 unspecified atom stereocenters. The summed E-state index contributed by atoms with van der Waals surface area (Å²) in [6.45, 7) is -0.240. The van der Waals surface area contributed by atoms with Crippen LogP contribution < -0.4 is 10.1 Å². The molecule has 0 aliphatic heterocycles. The first-order valence-electron chi connectivity index (χ1n) is 7.43. The lowest BCUT2D eigenvalue weighted by molar-refractivity contribution is -0.141. The highest BCUT2D eigenvalue weighted by Gasteiger charge is 2.13. The van der Waals surface area contributed by atoms with E-state index in [1.807, 2.05) is 0 Å². The lowest BCUT2D eigenvalue weighted by Gasteiger charge is -2.16. The first-order chi connectivity index (χ1) is 12.1. The van der Waals surface area contributed by atoms with E-state index in [1.165, 1.54) is 7.11 Å². The van der Waals surface area contributed by atoms with Crippen molar-refractivity contribution in [3.05, 3.63) is 34.2 Å². The standard InChI is InChI=1S/C15H20N4O6/c1-23-14(22)5-7-24-10-11-3-2-4-12(25-8-6-20)15(11)18-13(21)9-17-19-16/h2-4,20H,5-10H2,1H3,(H,18,21). The van der Waals surface area contributed by atoms with E-state index in [0.29, 0.717) is 17.0 Å². The smallest absolute Gasteiger partial charge is 0.307 e. The van der Waals surface area contributed by atoms with Crippen molar-refractivity contribution in [3.8, 4) is 5.75 Å². The third-order valence-electron chi connectivity index (χ3n) is 2.94. The fourth-order valence-corrected chi connectivity index (χ4v) is 1.83. The van der Waals surface area contributed by atoms with Crippen molar-refractivity contribution in [2.75, 3.05) is 38.8 Å². The first kappa shape index (κ1) is 20.2. The number of ether oxygens (including phenoxy) is 3. The summed E-state index contributed by atoms with van der Waals surface area (Å²) >= 11 is 0. The minimum absolute atomic E-state index is 0.0475. The Kier molecular flexibility index (Phi) is 9.46. The summed E-state index contributed by atoms with van der Waals surface area (Å²) in [5.41, 5.74) is 9.24. The van der Waals surface area contributed by atoms with E-state index in [4.69, 9.17) is 20.1 Å². The number of aliphatic hydroxyl groups is 1. The van der Waals surface area contributed by atoms with E-state index < -0.39 is 5.91 Å². The number of amides is 1. The number of esters is 1. The van der Waals surface area contributed by atoms with E-state index >= 15 is 0 Å². The second kappa shape index (κ2) is 11.7. The number of azide groups is 1. The number of carbonyl (C=O) groups excluding carboxylic acids is 2. The summed E-state index contributed by atoms with van der Waals surface area (Å²) in [6, 6.07) is 5.04. The normalized spacial score (nSPS) is 9.84. The monoisotopic (exact) mass is 352 g/mol. The molecule has 136 valence electrons. The molecule has 2 N–H and O–H groups in total. The Bertz CT molecular complexity index is 630. The second-order valence-corrected chi connectivity index (χ2v) is 4.68. The van der Waals surface area contributed by atoms with Crippen LogP contribution in [0.4, 0.5) is 5.69 Å². The van der Waals surface area contributed by atoms with Gasteiger partial charge in [0.25, 0.3) is 0 Å². The van der Waals surface area contributed by atoms with Crippen molar-refractivity contribution in [1.82, 2.24) is 0 Å². The topological polar surface area (TPSA) is 143 Å². The maximum absolute atomic E-state index is 11.8. The van der Waals surface area contributed by atoms with Gasteiger partial charge in [-0.15, -0.1) is 0 Å². The van der Waals surface area contributed by atoms with Crippen molar-refractivity contribution in [3.63, 3.8) is 0 Å². The van der Waals surface area contributed by atoms with E-state index in [9.17, 15) is 9.59 Å². The number of anilines is 1. The molecule has 0 aliphatic carbocycles. The Morgan fingerprint density at radius 1 is 1.36 bits per heavy atom. The second-order valence-electron chi connectivity index (χ2n) is 4.68. The molecule has 10 nitrogen and oxygen atoms in total. The number of hydrogen-bond acceptors (Lipinski definition) is 7. The number of carbonyl (C=O) groups is 2. The number of nitrogens with zero attached hydrogens (tertiary/aromatic N) is 3. The van der Waals surface area contributed by atoms with E-state index in [1.54, 1.807) is 18.2 Å². The Morgan fingerprint density at radius 3 is 2.84 bits per heavy atom. The van der Waals surface area contributed by atoms with E-state index in [0.717, 1.165) is 0 Å². The van der Waals surface area contributed by atoms with Crippen LogP contribution in [0.2, 0.25) is 0 Å². The number of para-hydroxylation sites is 1. The molecule has 0 aromatic heterocycles. The van der Waals surface area contributed by atoms with Crippen molar-refractivity contribution >= 4 is 17.6 Å². The fraction of sp³-hybridized carbons (Fsp3) is 0.467. The number of methoxy groups -OCH3 is 1. The first-order valence-corrected chi connectivity index (χ1v) is 7.43. The minimum Gasteiger partial charge on any atom is -0.489 e. The van der Waals surface area contributed by atoms with Crippen LogP contribution in [0, 0.1) is 0 Å². The molecule has 1 amide bonds. The van der Waals surface area contributed by atoms with Crippen molar-refractivity contribution in [1.29, 1.82) is 0 Å². The van der Waals surface area contributed by atoms with Gasteiger partial charge in [0.1, 0.15) is 18.9 Å². The highest BCUT2D eigenvalue weighted by molar-refractivity contribution is 5.94. The van der Waals surface area contributed by atoms with Crippen LogP contribution in [0.15, 0.2) is 23.3 Å². The lowest BCUT2D eigenvalue weighted by atomic mass is 10.1. The number of aliphatic hydroxyl groups excluding tert-OH is 1. The zero-order valence-corrected chi connectivity index (χ0v) is 13.8. The van der Waals surface area contributed by atoms with Gasteiger partial charge in [0, 0.05) is 10.5 Å². The van der Waals surface area contributed by atoms with Crippen molar-refractivity contribution in [2.45, 2.75) is 13.0 Å². The summed E-state index contributed by atoms with van der Waals surface area (Å²) in [5.74, 6) is -0.561. The van der Waals surface area contributed by atoms with Crippen LogP contribution in [-0.2, 0) is 25.7 Å². The summed E-state index contributed by atoms with van der Waals surface area (Å²) in [5, 5.41) is 14.7. The summed E-state index contributed by atoms with van der Waals surface area (Å²) in [7, 11) is 1.29. The molecule has 0 heterocycles. The SMILES string of the molecule is COC(=O)CCOCc1cccc(OCCO)c1NC(=O)CN=[N+]=[N-]. The van der Waals surface area contributed by atoms with E-state index in [-0.39, 0.29) is 45.4 Å². The molecule has 0 saturated heterocycles. The van der Waals surface area contributed by atoms with Gasteiger partial charge < -0.3 is 24.6 Å². The molecule has 0 saturated carbocycles. The van der Waals surface area contributed by atoms with Gasteiger partial charge in [0.15, 0.2) is 0 Å². The number of benzene rings is 1. The van der Waals surface area contributed by atoms with Gasteiger partial charge in [0.2, 0.25) is 5.91 Å². The van der Waals surface area contributed by atoms with Crippen LogP contribution in [0.25, 0.3) is 10.4 Å². The van der Waals surface area contributed by atoms with Crippen LogP contribution in [0.1, 0.15) is 12.0 Å². The zero-order chi connectivity index (χ0) is 18.5. The average Bonchev–Trinajstić information content (AvgIpc) is 2.63. The third-order valence-corrected chi connectivity index (χ3v) is 2.94. The predicted molar refractivity (Wildman–Crippen MR) is 88.0 cm³/mol. The third kappa shape index (κ3) is 7.53. The largest absolute Gasteiger partial charge is 0.489 e. The molecule has 0 spiro atoms. The maximum atomic E-state index is 11.8. The van der Waals surface area contributed by atoms with Crippen LogP contribution in [-0.4, -0.2) is 50.5 Å². The molecule has 0 bridgehead atoms. The molecular formula is C15H20N4O6. The number of rotatable bonds is 11. The van der Waals surface area contributed by atoms with Gasteiger partial charge in [-0.05, 0) is 11.6 Å². The van der Waals surface area contributed by atoms with Gasteiger partial charge in [-0.1, -0.05) is 17.2 Å². The Hall–Kier alpha value is -2.81. The summed E-state index contributed by atoms with van der Waals surface area (Å²) < 4.78 is 15.3. The van der Waals surface area contributed by atoms with Crippen molar-refractivity contribution < 1.29 is 28.9 Å². The maximum Gasteiger partial charge on any atom is 0.307 e. The fourth-order valence-electron chi connectivity index (χ4n) is 1.83. The Labute approximate surface area is 144 Å². The van der Waals surface area contributed by atoms with Gasteiger partial charge in [-0.2, -0.15) is 0 Å². The molecule has 1 aromatic carbocycles. The molecule has 0 atom stereocenters. The van der Waals surface area contributed by atoms with Gasteiger partial charge in [0.05, 0.1) is 39.0 Å². The number of hydrogen-bond donors (Lipinski definition) is 2.